The van der Waals surface area contributed by atoms with Crippen LogP contribution < -0.4 is 14.3 Å². The monoisotopic (exact) mass is 563 g/mol. The zero-order chi connectivity index (χ0) is 25.1. The first-order chi connectivity index (χ1) is 15.9. The van der Waals surface area contributed by atoms with Crippen molar-refractivity contribution in [3.63, 3.8) is 0 Å². The van der Waals surface area contributed by atoms with Gasteiger partial charge in [-0.25, -0.2) is 31.5 Å². The lowest BCUT2D eigenvalue weighted by Gasteiger charge is -2.23. The maximum atomic E-state index is 12.6. The van der Waals surface area contributed by atoms with E-state index < -0.39 is 32.5 Å². The Balaban J connectivity index is 1.75. The van der Waals surface area contributed by atoms with Crippen LogP contribution in [0.2, 0.25) is 15.1 Å². The van der Waals surface area contributed by atoms with Crippen molar-refractivity contribution >= 4 is 78.1 Å². The number of anilines is 3. The molecule has 0 bridgehead atoms. The highest BCUT2D eigenvalue weighted by Crippen LogP contribution is 2.35. The number of carbonyl (C=O) groups excluding carboxylic acids is 1. The minimum Gasteiger partial charge on any atom is -0.325 e. The lowest BCUT2D eigenvalue weighted by molar-refractivity contribution is -0.114. The Bertz CT molecular complexity index is 1420. The summed E-state index contributed by atoms with van der Waals surface area (Å²) < 4.78 is 52.5. The number of hydrogen-bond acceptors (Lipinski definition) is 7. The van der Waals surface area contributed by atoms with Gasteiger partial charge in [0.2, 0.25) is 21.9 Å². The average molecular weight is 565 g/mol. The summed E-state index contributed by atoms with van der Waals surface area (Å²) in [6.07, 6.45) is 3.67. The number of hydrogen-bond donors (Lipinski definition) is 2. The van der Waals surface area contributed by atoms with E-state index in [-0.39, 0.29) is 37.3 Å². The van der Waals surface area contributed by atoms with Gasteiger partial charge in [0.1, 0.15) is 6.54 Å². The van der Waals surface area contributed by atoms with E-state index in [2.05, 4.69) is 20.0 Å². The summed E-state index contributed by atoms with van der Waals surface area (Å²) in [6, 6.07) is 9.24. The van der Waals surface area contributed by atoms with Crippen LogP contribution in [-0.4, -0.2) is 45.5 Å². The molecule has 2 aromatic carbocycles. The molecule has 0 spiro atoms. The number of halogens is 3. The molecule has 3 aromatic rings. The van der Waals surface area contributed by atoms with Crippen LogP contribution in [0.5, 0.6) is 0 Å². The van der Waals surface area contributed by atoms with E-state index in [0.29, 0.717) is 0 Å². The SMILES string of the molecule is CS(=O)(=O)N(CC(=O)Nc1ccc(S(=O)(=O)Nc2ncccn2)cc1)c1cc(Cl)c(Cl)cc1Cl. The van der Waals surface area contributed by atoms with E-state index in [1.54, 1.807) is 0 Å². The molecule has 0 aliphatic rings. The van der Waals surface area contributed by atoms with E-state index in [0.717, 1.165) is 10.6 Å². The van der Waals surface area contributed by atoms with Crippen molar-refractivity contribution in [2.75, 3.05) is 27.1 Å². The smallest absolute Gasteiger partial charge is 0.264 e. The first-order valence-corrected chi connectivity index (χ1v) is 13.7. The van der Waals surface area contributed by atoms with E-state index in [1.165, 1.54) is 54.9 Å². The second kappa shape index (κ2) is 10.3. The fourth-order valence-electron chi connectivity index (χ4n) is 2.66. The summed E-state index contributed by atoms with van der Waals surface area (Å²) in [4.78, 5) is 20.1. The number of rotatable bonds is 8. The van der Waals surface area contributed by atoms with E-state index in [4.69, 9.17) is 34.8 Å². The van der Waals surface area contributed by atoms with Crippen LogP contribution >= 0.6 is 34.8 Å². The van der Waals surface area contributed by atoms with Gasteiger partial charge in [-0.2, -0.15) is 0 Å². The maximum Gasteiger partial charge on any atom is 0.264 e. The Morgan fingerprint density at radius 3 is 2.12 bits per heavy atom. The van der Waals surface area contributed by atoms with Crippen molar-refractivity contribution in [1.82, 2.24) is 9.97 Å². The van der Waals surface area contributed by atoms with Crippen molar-refractivity contribution in [2.24, 2.45) is 0 Å². The molecule has 0 saturated carbocycles. The second-order valence-electron chi connectivity index (χ2n) is 6.74. The maximum absolute atomic E-state index is 12.6. The molecule has 0 fully saturated rings. The highest BCUT2D eigenvalue weighted by molar-refractivity contribution is 7.92. The average Bonchev–Trinajstić information content (AvgIpc) is 2.75. The van der Waals surface area contributed by atoms with Crippen molar-refractivity contribution in [1.29, 1.82) is 0 Å². The van der Waals surface area contributed by atoms with Gasteiger partial charge in [-0.05, 0) is 42.5 Å². The van der Waals surface area contributed by atoms with Crippen LogP contribution in [0.25, 0.3) is 0 Å². The summed E-state index contributed by atoms with van der Waals surface area (Å²) >= 11 is 18.0. The summed E-state index contributed by atoms with van der Waals surface area (Å²) in [5.74, 6) is -0.805. The molecule has 0 aliphatic heterocycles. The van der Waals surface area contributed by atoms with Gasteiger partial charge < -0.3 is 5.32 Å². The third-order valence-electron chi connectivity index (χ3n) is 4.19. The minimum atomic E-state index is -3.96. The number of amides is 1. The molecule has 3 rings (SSSR count). The van der Waals surface area contributed by atoms with E-state index in [9.17, 15) is 21.6 Å². The topological polar surface area (TPSA) is 138 Å². The van der Waals surface area contributed by atoms with Gasteiger partial charge >= 0.3 is 0 Å². The quantitative estimate of drug-likeness (QED) is 0.398. The lowest BCUT2D eigenvalue weighted by Crippen LogP contribution is -2.37. The molecule has 0 aliphatic carbocycles. The molecule has 0 saturated heterocycles. The summed E-state index contributed by atoms with van der Waals surface area (Å²) in [7, 11) is -7.88. The van der Waals surface area contributed by atoms with Gasteiger partial charge in [-0.1, -0.05) is 34.8 Å². The van der Waals surface area contributed by atoms with Gasteiger partial charge in [0.25, 0.3) is 10.0 Å². The molecule has 0 unspecified atom stereocenters. The van der Waals surface area contributed by atoms with Crippen molar-refractivity contribution in [3.05, 3.63) is 69.9 Å². The second-order valence-corrected chi connectivity index (χ2v) is 11.5. The van der Waals surface area contributed by atoms with Crippen molar-refractivity contribution in [2.45, 2.75) is 4.90 Å². The summed E-state index contributed by atoms with van der Waals surface area (Å²) in [6.45, 7) is -0.622. The number of sulfonamides is 2. The molecule has 10 nitrogen and oxygen atoms in total. The van der Waals surface area contributed by atoms with Gasteiger partial charge in [0.05, 0.1) is 31.9 Å². The van der Waals surface area contributed by atoms with Gasteiger partial charge in [-0.3, -0.25) is 9.10 Å². The van der Waals surface area contributed by atoms with Crippen molar-refractivity contribution < 1.29 is 21.6 Å². The standard InChI is InChI=1S/C19H16Cl3N5O5S2/c1-33(29,30)27(17-10-15(21)14(20)9-16(17)22)11-18(28)25-12-3-5-13(6-4-12)34(31,32)26-19-23-7-2-8-24-19/h2-10H,11H2,1H3,(H,25,28)(H,23,24,26). The number of carbonyl (C=O) groups is 1. The Morgan fingerprint density at radius 1 is 0.941 bits per heavy atom. The molecule has 15 heteroatoms. The van der Waals surface area contributed by atoms with Crippen LogP contribution in [-0.2, 0) is 24.8 Å². The zero-order valence-electron chi connectivity index (χ0n) is 17.2. The third-order valence-corrected chi connectivity index (χ3v) is 7.68. The molecule has 0 radical (unpaired) electrons. The van der Waals surface area contributed by atoms with E-state index in [1.807, 2.05) is 0 Å². The third kappa shape index (κ3) is 6.48. The van der Waals surface area contributed by atoms with Gasteiger partial charge in [0, 0.05) is 18.1 Å². The molecular weight excluding hydrogens is 549 g/mol. The van der Waals surface area contributed by atoms with Crippen LogP contribution in [0.15, 0.2) is 59.8 Å². The summed E-state index contributed by atoms with van der Waals surface area (Å²) in [5.41, 5.74) is 0.206. The Kier molecular flexibility index (Phi) is 7.88. The van der Waals surface area contributed by atoms with E-state index >= 15 is 0 Å². The van der Waals surface area contributed by atoms with Gasteiger partial charge in [-0.15, -0.1) is 0 Å². The Labute approximate surface area is 211 Å². The highest BCUT2D eigenvalue weighted by atomic mass is 35.5. The number of nitrogens with one attached hydrogen (secondary N) is 2. The lowest BCUT2D eigenvalue weighted by atomic mass is 10.3. The predicted molar refractivity (Wildman–Crippen MR) is 132 cm³/mol. The Morgan fingerprint density at radius 2 is 1.53 bits per heavy atom. The van der Waals surface area contributed by atoms with Gasteiger partial charge in [0.15, 0.2) is 0 Å². The van der Waals surface area contributed by atoms with Crippen LogP contribution in [0.3, 0.4) is 0 Å². The van der Waals surface area contributed by atoms with Crippen LogP contribution in [0.4, 0.5) is 17.3 Å². The Hall–Kier alpha value is -2.64. The highest BCUT2D eigenvalue weighted by Gasteiger charge is 2.24. The molecule has 1 heterocycles. The number of nitrogens with zero attached hydrogens (tertiary/aromatic N) is 3. The van der Waals surface area contributed by atoms with Crippen LogP contribution in [0.1, 0.15) is 0 Å². The molecule has 34 heavy (non-hydrogen) atoms. The normalized spacial score (nSPS) is 11.6. The zero-order valence-corrected chi connectivity index (χ0v) is 21.1. The first-order valence-electron chi connectivity index (χ1n) is 9.19. The molecular formula is C19H16Cl3N5O5S2. The molecule has 1 aromatic heterocycles. The molecule has 180 valence electrons. The predicted octanol–water partition coefficient (Wildman–Crippen LogP) is 3.64. The van der Waals surface area contributed by atoms with Crippen LogP contribution in [0, 0.1) is 0 Å². The fourth-order valence-corrected chi connectivity index (χ4v) is 5.17. The molecule has 1 amide bonds. The molecule has 2 N–H and O–H groups in total. The number of benzene rings is 2. The first kappa shape index (κ1) is 26.0. The number of aromatic nitrogens is 2. The largest absolute Gasteiger partial charge is 0.325 e. The fraction of sp³-hybridized carbons (Fsp3) is 0.105. The molecule has 0 atom stereocenters. The van der Waals surface area contributed by atoms with Crippen molar-refractivity contribution in [3.8, 4) is 0 Å². The summed E-state index contributed by atoms with van der Waals surface area (Å²) in [5, 5.41) is 2.66. The minimum absolute atomic E-state index is 0.0166.